The van der Waals surface area contributed by atoms with Crippen molar-refractivity contribution < 1.29 is 0 Å². The molecule has 0 radical (unpaired) electrons. The van der Waals surface area contributed by atoms with Crippen LogP contribution in [0.1, 0.15) is 61.3 Å². The van der Waals surface area contributed by atoms with Gasteiger partial charge in [0, 0.05) is 18.6 Å². The van der Waals surface area contributed by atoms with Crippen molar-refractivity contribution in [1.82, 2.24) is 15.5 Å². The predicted octanol–water partition coefficient (Wildman–Crippen LogP) is 3.07. The van der Waals surface area contributed by atoms with Crippen LogP contribution in [0.2, 0.25) is 0 Å². The first-order valence-electron chi connectivity index (χ1n) is 7.83. The minimum absolute atomic E-state index is 0.0140. The third-order valence-corrected chi connectivity index (χ3v) is 3.83. The highest BCUT2D eigenvalue weighted by atomic mass is 15.2. The third-order valence-electron chi connectivity index (χ3n) is 3.83. The van der Waals surface area contributed by atoms with Crippen molar-refractivity contribution in [2.45, 2.75) is 72.5 Å². The van der Waals surface area contributed by atoms with E-state index in [2.05, 4.69) is 64.0 Å². The van der Waals surface area contributed by atoms with Crippen LogP contribution >= 0.6 is 0 Å². The maximum Gasteiger partial charge on any atom is 0.0627 e. The molecule has 0 spiro atoms. The lowest BCUT2D eigenvalue weighted by atomic mass is 9.90. The number of nitrogens with one attached hydrogen (secondary N) is 2. The van der Waals surface area contributed by atoms with Gasteiger partial charge in [-0.25, -0.2) is 0 Å². The Hall–Kier alpha value is -0.120. The van der Waals surface area contributed by atoms with Crippen molar-refractivity contribution in [3.8, 4) is 0 Å². The van der Waals surface area contributed by atoms with E-state index in [0.29, 0.717) is 0 Å². The summed E-state index contributed by atoms with van der Waals surface area (Å²) in [5.74, 6) is 0.746. The van der Waals surface area contributed by atoms with Gasteiger partial charge < -0.3 is 5.32 Å². The molecule has 116 valence electrons. The molecular formula is C16H37N3. The highest BCUT2D eigenvalue weighted by Crippen LogP contribution is 2.23. The van der Waals surface area contributed by atoms with Crippen molar-refractivity contribution in [2.75, 3.05) is 26.7 Å². The Labute approximate surface area is 121 Å². The van der Waals surface area contributed by atoms with Crippen LogP contribution in [0.5, 0.6) is 0 Å². The molecule has 0 amide bonds. The number of hydrogen-bond donors (Lipinski definition) is 2. The molecule has 0 saturated carbocycles. The van der Waals surface area contributed by atoms with E-state index in [0.717, 1.165) is 19.0 Å². The van der Waals surface area contributed by atoms with Gasteiger partial charge in [-0.05, 0) is 60.0 Å². The molecule has 3 nitrogen and oxygen atoms in total. The molecule has 0 rings (SSSR count). The SMILES string of the molecule is CCCN(CCNC(C)(C)NC)C(C)(C)CC(C)C. The molecule has 0 bridgehead atoms. The largest absolute Gasteiger partial charge is 0.303 e. The Morgan fingerprint density at radius 3 is 2.05 bits per heavy atom. The van der Waals surface area contributed by atoms with E-state index in [4.69, 9.17) is 0 Å². The Balaban J connectivity index is 4.40. The van der Waals surface area contributed by atoms with Crippen LogP contribution in [0.25, 0.3) is 0 Å². The van der Waals surface area contributed by atoms with E-state index >= 15 is 0 Å². The molecule has 0 aliphatic rings. The first-order chi connectivity index (χ1) is 8.64. The quantitative estimate of drug-likeness (QED) is 0.598. The molecule has 3 heteroatoms. The first kappa shape index (κ1) is 18.9. The Kier molecular flexibility index (Phi) is 8.18. The molecule has 0 saturated heterocycles. The molecule has 0 aromatic carbocycles. The highest BCUT2D eigenvalue weighted by molar-refractivity contribution is 4.83. The summed E-state index contributed by atoms with van der Waals surface area (Å²) in [6.45, 7) is 19.3. The monoisotopic (exact) mass is 271 g/mol. The van der Waals surface area contributed by atoms with Crippen LogP contribution in [0.15, 0.2) is 0 Å². The summed E-state index contributed by atoms with van der Waals surface area (Å²) in [6.07, 6.45) is 2.47. The Bertz CT molecular complexity index is 234. The van der Waals surface area contributed by atoms with Gasteiger partial charge in [0.1, 0.15) is 0 Å². The molecule has 19 heavy (non-hydrogen) atoms. The summed E-state index contributed by atoms with van der Waals surface area (Å²) in [4.78, 5) is 2.63. The van der Waals surface area contributed by atoms with Gasteiger partial charge in [-0.1, -0.05) is 20.8 Å². The summed E-state index contributed by atoms with van der Waals surface area (Å²) < 4.78 is 0. The zero-order chi connectivity index (χ0) is 15.1. The summed E-state index contributed by atoms with van der Waals surface area (Å²) in [5.41, 5.74) is 0.301. The van der Waals surface area contributed by atoms with Crippen molar-refractivity contribution in [1.29, 1.82) is 0 Å². The fourth-order valence-corrected chi connectivity index (χ4v) is 2.71. The average Bonchev–Trinajstić information content (AvgIpc) is 2.26. The average molecular weight is 271 g/mol. The van der Waals surface area contributed by atoms with Gasteiger partial charge in [-0.2, -0.15) is 0 Å². The number of hydrogen-bond acceptors (Lipinski definition) is 3. The van der Waals surface area contributed by atoms with Crippen molar-refractivity contribution in [3.05, 3.63) is 0 Å². The van der Waals surface area contributed by atoms with E-state index in [-0.39, 0.29) is 11.2 Å². The predicted molar refractivity (Wildman–Crippen MR) is 86.5 cm³/mol. The number of nitrogens with zero attached hydrogens (tertiary/aromatic N) is 1. The van der Waals surface area contributed by atoms with Gasteiger partial charge in [0.15, 0.2) is 0 Å². The summed E-state index contributed by atoms with van der Waals surface area (Å²) in [7, 11) is 2.00. The van der Waals surface area contributed by atoms with Gasteiger partial charge in [-0.3, -0.25) is 10.2 Å². The molecule has 0 unspecified atom stereocenters. The van der Waals surface area contributed by atoms with Crippen LogP contribution in [-0.2, 0) is 0 Å². The lowest BCUT2D eigenvalue weighted by Gasteiger charge is -2.40. The summed E-state index contributed by atoms with van der Waals surface area (Å²) in [6, 6.07) is 0. The fourth-order valence-electron chi connectivity index (χ4n) is 2.71. The third kappa shape index (κ3) is 7.91. The van der Waals surface area contributed by atoms with Crippen LogP contribution in [0, 0.1) is 5.92 Å². The van der Waals surface area contributed by atoms with E-state index in [1.807, 2.05) is 7.05 Å². The zero-order valence-electron chi connectivity index (χ0n) is 14.6. The van der Waals surface area contributed by atoms with Gasteiger partial charge in [0.25, 0.3) is 0 Å². The Morgan fingerprint density at radius 1 is 1.05 bits per heavy atom. The minimum atomic E-state index is 0.0140. The van der Waals surface area contributed by atoms with Gasteiger partial charge in [-0.15, -0.1) is 0 Å². The van der Waals surface area contributed by atoms with Gasteiger partial charge >= 0.3 is 0 Å². The maximum absolute atomic E-state index is 3.57. The minimum Gasteiger partial charge on any atom is -0.303 e. The van der Waals surface area contributed by atoms with Gasteiger partial charge in [0.2, 0.25) is 0 Å². The topological polar surface area (TPSA) is 27.3 Å². The second kappa shape index (κ2) is 8.23. The molecule has 0 aliphatic carbocycles. The second-order valence-electron chi connectivity index (χ2n) is 7.20. The Morgan fingerprint density at radius 2 is 1.63 bits per heavy atom. The molecule has 0 fully saturated rings. The molecular weight excluding hydrogens is 234 g/mol. The lowest BCUT2D eigenvalue weighted by Crippen LogP contribution is -2.54. The molecule has 2 N–H and O–H groups in total. The van der Waals surface area contributed by atoms with E-state index < -0.39 is 0 Å². The zero-order valence-corrected chi connectivity index (χ0v) is 14.6. The second-order valence-corrected chi connectivity index (χ2v) is 7.20. The van der Waals surface area contributed by atoms with Crippen molar-refractivity contribution in [2.24, 2.45) is 5.92 Å². The van der Waals surface area contributed by atoms with Crippen LogP contribution < -0.4 is 10.6 Å². The number of rotatable bonds is 10. The fraction of sp³-hybridized carbons (Fsp3) is 1.00. The van der Waals surface area contributed by atoms with E-state index in [1.165, 1.54) is 19.4 Å². The normalized spacial score (nSPS) is 13.6. The molecule has 0 aromatic rings. The van der Waals surface area contributed by atoms with Crippen molar-refractivity contribution in [3.63, 3.8) is 0 Å². The highest BCUT2D eigenvalue weighted by Gasteiger charge is 2.27. The molecule has 0 heterocycles. The van der Waals surface area contributed by atoms with Crippen LogP contribution in [-0.4, -0.2) is 42.8 Å². The molecule has 0 aliphatic heterocycles. The molecule has 0 atom stereocenters. The van der Waals surface area contributed by atoms with Crippen molar-refractivity contribution >= 4 is 0 Å². The molecule has 0 aromatic heterocycles. The van der Waals surface area contributed by atoms with Crippen LogP contribution in [0.4, 0.5) is 0 Å². The van der Waals surface area contributed by atoms with E-state index in [9.17, 15) is 0 Å². The first-order valence-corrected chi connectivity index (χ1v) is 7.83. The van der Waals surface area contributed by atoms with Gasteiger partial charge in [0.05, 0.1) is 5.66 Å². The van der Waals surface area contributed by atoms with E-state index in [1.54, 1.807) is 0 Å². The maximum atomic E-state index is 3.57. The van der Waals surface area contributed by atoms with Crippen LogP contribution in [0.3, 0.4) is 0 Å². The standard InChI is InChI=1S/C16H37N3/c1-9-11-19(15(4,5)13-14(2)3)12-10-18-16(6,7)17-8/h14,17-18H,9-13H2,1-8H3. The lowest BCUT2D eigenvalue weighted by molar-refractivity contribution is 0.0954. The summed E-state index contributed by atoms with van der Waals surface area (Å²) >= 11 is 0. The smallest absolute Gasteiger partial charge is 0.0627 e. The summed E-state index contributed by atoms with van der Waals surface area (Å²) in [5, 5.41) is 6.86.